The highest BCUT2D eigenvalue weighted by molar-refractivity contribution is 5.91. The summed E-state index contributed by atoms with van der Waals surface area (Å²) in [5.74, 6) is 1.57. The van der Waals surface area contributed by atoms with Gasteiger partial charge in [0.25, 0.3) is 0 Å². The molecule has 33 heavy (non-hydrogen) atoms. The maximum Gasteiger partial charge on any atom is 0.322 e. The van der Waals surface area contributed by atoms with Crippen LogP contribution in [0.15, 0.2) is 72.8 Å². The van der Waals surface area contributed by atoms with Gasteiger partial charge in [-0.3, -0.25) is 0 Å². The van der Waals surface area contributed by atoms with Crippen molar-refractivity contribution >= 4 is 22.6 Å². The molecular formula is C27H27N3O3. The van der Waals surface area contributed by atoms with E-state index in [1.54, 1.807) is 7.11 Å². The van der Waals surface area contributed by atoms with Crippen molar-refractivity contribution < 1.29 is 14.3 Å². The molecule has 3 aromatic carbocycles. The fraction of sp³-hybridized carbons (Fsp3) is 0.222. The first kappa shape index (κ1) is 20.9. The number of hydrogen-bond acceptors (Lipinski definition) is 3. The Labute approximate surface area is 193 Å². The predicted molar refractivity (Wildman–Crippen MR) is 130 cm³/mol. The summed E-state index contributed by atoms with van der Waals surface area (Å²) in [6, 6.07) is 23.4. The number of H-pyrrole nitrogens is 1. The van der Waals surface area contributed by atoms with Gasteiger partial charge in [-0.2, -0.15) is 0 Å². The summed E-state index contributed by atoms with van der Waals surface area (Å²) >= 11 is 0. The Bertz CT molecular complexity index is 1260. The molecule has 1 atom stereocenters. The zero-order valence-electron chi connectivity index (χ0n) is 18.8. The van der Waals surface area contributed by atoms with Crippen molar-refractivity contribution in [3.63, 3.8) is 0 Å². The van der Waals surface area contributed by atoms with Crippen LogP contribution in [0.5, 0.6) is 11.5 Å². The van der Waals surface area contributed by atoms with Gasteiger partial charge in [-0.25, -0.2) is 4.79 Å². The second-order valence-electron chi connectivity index (χ2n) is 8.07. The maximum absolute atomic E-state index is 13.5. The molecule has 0 saturated heterocycles. The summed E-state index contributed by atoms with van der Waals surface area (Å²) in [5.41, 5.74) is 5.20. The number of anilines is 1. The molecule has 168 valence electrons. The van der Waals surface area contributed by atoms with Crippen LogP contribution in [0.1, 0.15) is 29.8 Å². The Balaban J connectivity index is 1.50. The molecule has 1 aromatic heterocycles. The molecule has 0 fully saturated rings. The lowest BCUT2D eigenvalue weighted by molar-refractivity contribution is 0.193. The van der Waals surface area contributed by atoms with Gasteiger partial charge >= 0.3 is 6.03 Å². The van der Waals surface area contributed by atoms with Crippen molar-refractivity contribution in [3.8, 4) is 11.5 Å². The molecule has 0 radical (unpaired) electrons. The number of carbonyl (C=O) groups is 1. The van der Waals surface area contributed by atoms with Gasteiger partial charge < -0.3 is 24.7 Å². The largest absolute Gasteiger partial charge is 0.497 e. The van der Waals surface area contributed by atoms with Crippen LogP contribution in [0.3, 0.4) is 0 Å². The number of carbonyl (C=O) groups excluding carboxylic acids is 1. The first-order valence-corrected chi connectivity index (χ1v) is 11.2. The number of fused-ring (bicyclic) bond motifs is 3. The van der Waals surface area contributed by atoms with E-state index >= 15 is 0 Å². The first-order chi connectivity index (χ1) is 16.2. The summed E-state index contributed by atoms with van der Waals surface area (Å²) in [6.45, 7) is 3.17. The highest BCUT2D eigenvalue weighted by atomic mass is 16.5. The van der Waals surface area contributed by atoms with Gasteiger partial charge in [0.2, 0.25) is 0 Å². The molecule has 5 rings (SSSR count). The third-order valence-corrected chi connectivity index (χ3v) is 6.14. The number of aromatic nitrogens is 1. The third-order valence-electron chi connectivity index (χ3n) is 6.14. The molecule has 6 heteroatoms. The van der Waals surface area contributed by atoms with Crippen LogP contribution < -0.4 is 14.8 Å². The normalized spacial score (nSPS) is 15.2. The smallest absolute Gasteiger partial charge is 0.322 e. The number of benzene rings is 3. The van der Waals surface area contributed by atoms with Gasteiger partial charge in [0.1, 0.15) is 11.5 Å². The van der Waals surface area contributed by atoms with E-state index in [4.69, 9.17) is 9.47 Å². The zero-order valence-corrected chi connectivity index (χ0v) is 18.8. The molecule has 2 heterocycles. The molecule has 0 spiro atoms. The van der Waals surface area contributed by atoms with Crippen molar-refractivity contribution in [1.29, 1.82) is 0 Å². The summed E-state index contributed by atoms with van der Waals surface area (Å²) < 4.78 is 10.8. The molecule has 4 aromatic rings. The standard InChI is InChI=1S/C27H27N3O3/c1-3-33-21-14-10-19(11-15-21)28-27(31)30-17-16-23-22-6-4-5-7-24(22)29-25(23)26(30)18-8-12-20(32-2)13-9-18/h4-15,26,29H,3,16-17H2,1-2H3,(H,28,31)/t26-/m1/s1. The first-order valence-electron chi connectivity index (χ1n) is 11.2. The van der Waals surface area contributed by atoms with E-state index in [9.17, 15) is 4.79 Å². The lowest BCUT2D eigenvalue weighted by Gasteiger charge is -2.36. The summed E-state index contributed by atoms with van der Waals surface area (Å²) in [5, 5.41) is 4.28. The number of aromatic amines is 1. The van der Waals surface area contributed by atoms with Crippen LogP contribution >= 0.6 is 0 Å². The second-order valence-corrected chi connectivity index (χ2v) is 8.07. The van der Waals surface area contributed by atoms with E-state index in [1.807, 2.05) is 66.4 Å². The molecule has 1 aliphatic heterocycles. The van der Waals surface area contributed by atoms with E-state index in [-0.39, 0.29) is 12.1 Å². The van der Waals surface area contributed by atoms with Crippen LogP contribution in [0, 0.1) is 0 Å². The highest BCUT2D eigenvalue weighted by Gasteiger charge is 2.34. The van der Waals surface area contributed by atoms with Gasteiger partial charge in [0, 0.05) is 28.8 Å². The molecule has 2 amide bonds. The fourth-order valence-electron chi connectivity index (χ4n) is 4.59. The van der Waals surface area contributed by atoms with Crippen molar-refractivity contribution in [2.24, 2.45) is 0 Å². The number of hydrogen-bond donors (Lipinski definition) is 2. The zero-order chi connectivity index (χ0) is 22.8. The van der Waals surface area contributed by atoms with Crippen molar-refractivity contribution in [3.05, 3.63) is 89.6 Å². The Morgan fingerprint density at radius 3 is 2.48 bits per heavy atom. The Hall–Kier alpha value is -3.93. The SMILES string of the molecule is CCOc1ccc(NC(=O)N2CCc3c([nH]c4ccccc34)[C@H]2c2ccc(OC)cc2)cc1. The summed E-state index contributed by atoms with van der Waals surface area (Å²) in [6.07, 6.45) is 0.794. The Morgan fingerprint density at radius 1 is 1.03 bits per heavy atom. The van der Waals surface area contributed by atoms with Gasteiger partial charge in [-0.15, -0.1) is 0 Å². The number of nitrogens with one attached hydrogen (secondary N) is 2. The maximum atomic E-state index is 13.5. The molecule has 0 aliphatic carbocycles. The van der Waals surface area contributed by atoms with Crippen molar-refractivity contribution in [2.75, 3.05) is 25.6 Å². The number of rotatable bonds is 5. The Kier molecular flexibility index (Phi) is 5.65. The monoisotopic (exact) mass is 441 g/mol. The minimum Gasteiger partial charge on any atom is -0.497 e. The van der Waals surface area contributed by atoms with Crippen LogP contribution in [-0.4, -0.2) is 36.2 Å². The minimum atomic E-state index is -0.227. The molecule has 1 aliphatic rings. The van der Waals surface area contributed by atoms with E-state index in [0.29, 0.717) is 13.2 Å². The van der Waals surface area contributed by atoms with Crippen LogP contribution in [0.2, 0.25) is 0 Å². The second kappa shape index (κ2) is 8.90. The summed E-state index contributed by atoms with van der Waals surface area (Å²) in [4.78, 5) is 18.9. The van der Waals surface area contributed by atoms with Gasteiger partial charge in [-0.05, 0) is 66.9 Å². The lowest BCUT2D eigenvalue weighted by Crippen LogP contribution is -2.43. The van der Waals surface area contributed by atoms with Gasteiger partial charge in [0.05, 0.1) is 19.8 Å². The molecule has 0 bridgehead atoms. The van der Waals surface area contributed by atoms with Crippen LogP contribution in [0.25, 0.3) is 10.9 Å². The summed E-state index contributed by atoms with van der Waals surface area (Å²) in [7, 11) is 1.65. The highest BCUT2D eigenvalue weighted by Crippen LogP contribution is 2.39. The number of urea groups is 1. The molecule has 0 saturated carbocycles. The van der Waals surface area contributed by atoms with Gasteiger partial charge in [0.15, 0.2) is 0 Å². The third kappa shape index (κ3) is 4.00. The van der Waals surface area contributed by atoms with Gasteiger partial charge in [-0.1, -0.05) is 30.3 Å². The molecule has 2 N–H and O–H groups in total. The number of para-hydroxylation sites is 1. The number of methoxy groups -OCH3 is 1. The molecule has 6 nitrogen and oxygen atoms in total. The minimum absolute atomic E-state index is 0.135. The predicted octanol–water partition coefficient (Wildman–Crippen LogP) is 5.75. The van der Waals surface area contributed by atoms with Crippen LogP contribution in [-0.2, 0) is 6.42 Å². The fourth-order valence-corrected chi connectivity index (χ4v) is 4.59. The van der Waals surface area contributed by atoms with E-state index in [2.05, 4.69) is 28.5 Å². The quantitative estimate of drug-likeness (QED) is 0.414. The number of nitrogens with zero attached hydrogens (tertiary/aromatic N) is 1. The number of amides is 2. The topological polar surface area (TPSA) is 66.6 Å². The van der Waals surface area contributed by atoms with Crippen molar-refractivity contribution in [2.45, 2.75) is 19.4 Å². The lowest BCUT2D eigenvalue weighted by atomic mass is 9.92. The van der Waals surface area contributed by atoms with E-state index in [0.717, 1.165) is 40.4 Å². The number of ether oxygens (including phenoxy) is 2. The molecular weight excluding hydrogens is 414 g/mol. The van der Waals surface area contributed by atoms with Crippen LogP contribution in [0.4, 0.5) is 10.5 Å². The van der Waals surface area contributed by atoms with Crippen molar-refractivity contribution in [1.82, 2.24) is 9.88 Å². The average Bonchev–Trinajstić information content (AvgIpc) is 3.23. The van der Waals surface area contributed by atoms with E-state index in [1.165, 1.54) is 10.9 Å². The Morgan fingerprint density at radius 2 is 1.76 bits per heavy atom. The molecule has 0 unspecified atom stereocenters. The average molecular weight is 442 g/mol. The van der Waals surface area contributed by atoms with E-state index < -0.39 is 0 Å².